The molecule has 86 heavy (non-hydrogen) atoms. The number of nitrogens with zero attached hydrogens (tertiary/aromatic N) is 1. The second-order valence-corrected chi connectivity index (χ2v) is 25.6. The Kier molecular flexibility index (Phi) is 62.7. The van der Waals surface area contributed by atoms with E-state index in [0.717, 1.165) is 116 Å². The topological polar surface area (TPSA) is 108 Å². The van der Waals surface area contributed by atoms with E-state index in [1.165, 1.54) is 135 Å². The van der Waals surface area contributed by atoms with Gasteiger partial charge in [0.2, 0.25) is 0 Å². The fourth-order valence-corrected chi connectivity index (χ4v) is 10.1. The number of phosphoric acid groups is 1. The number of esters is 2. The molecule has 0 saturated carbocycles. The van der Waals surface area contributed by atoms with E-state index < -0.39 is 26.5 Å². The Morgan fingerprint density at radius 2 is 0.628 bits per heavy atom. The van der Waals surface area contributed by atoms with Crippen molar-refractivity contribution in [1.82, 2.24) is 0 Å². The number of unbranched alkanes of at least 4 members (excludes halogenated alkanes) is 27. The van der Waals surface area contributed by atoms with Crippen LogP contribution in [0.5, 0.6) is 0 Å². The smallest absolute Gasteiger partial charge is 0.462 e. The average Bonchev–Trinajstić information content (AvgIpc) is 3.56. The third-order valence-electron chi connectivity index (χ3n) is 14.7. The lowest BCUT2D eigenvalue weighted by atomic mass is 10.0. The maximum atomic E-state index is 12.9. The fourth-order valence-electron chi connectivity index (χ4n) is 9.40. The van der Waals surface area contributed by atoms with Crippen molar-refractivity contribution in [3.63, 3.8) is 0 Å². The third-order valence-corrected chi connectivity index (χ3v) is 15.7. The van der Waals surface area contributed by atoms with Crippen molar-refractivity contribution in [3.05, 3.63) is 134 Å². The minimum absolute atomic E-state index is 0.0253. The van der Waals surface area contributed by atoms with Crippen LogP contribution in [0.4, 0.5) is 0 Å². The monoisotopic (exact) mass is 1220 g/mol. The zero-order valence-electron chi connectivity index (χ0n) is 56.0. The van der Waals surface area contributed by atoms with Crippen molar-refractivity contribution in [1.29, 1.82) is 0 Å². The molecule has 0 fully saturated rings. The minimum atomic E-state index is -4.40. The van der Waals surface area contributed by atoms with Gasteiger partial charge in [-0.15, -0.1) is 0 Å². The predicted octanol–water partition coefficient (Wildman–Crippen LogP) is 22.8. The molecule has 0 aromatic heterocycles. The van der Waals surface area contributed by atoms with Gasteiger partial charge in [-0.2, -0.15) is 0 Å². The standard InChI is InChI=1S/C76H130NO8P/c1-6-8-10-12-14-16-18-20-22-24-26-28-30-32-34-36-38-40-42-44-46-48-50-52-54-56-58-60-62-64-66-68-75(78)82-72-74(73-84-86(80,81)83-71-70-77(3,4)5)85-76(79)69-67-65-63-61-59-57-55-53-51-49-47-45-43-41-39-37-35-33-31-29-27-25-23-21-19-17-15-13-11-9-7-2/h8-11,14-17,20-23,26-29,33,35,39,41,45,47,74H,6-7,12-13,18-19,24-25,30-32,34,36-38,40,42-44,46,48-73H2,1-5H3/p+1/b10-8-,11-9-,16-14-,17-15-,22-20-,23-21-,28-26-,29-27-,35-33-,41-39-,47-45-. The van der Waals surface area contributed by atoms with E-state index in [1.807, 2.05) is 21.1 Å². The van der Waals surface area contributed by atoms with Gasteiger partial charge in [0.1, 0.15) is 19.8 Å². The van der Waals surface area contributed by atoms with Crippen LogP contribution in [0.25, 0.3) is 0 Å². The summed E-state index contributed by atoms with van der Waals surface area (Å²) in [6.45, 7) is 4.21. The number of likely N-dealkylation sites (N-methyl/N-ethyl adjacent to an activating group) is 1. The summed E-state index contributed by atoms with van der Waals surface area (Å²) in [5, 5.41) is 0. The maximum Gasteiger partial charge on any atom is 0.472 e. The Labute approximate surface area is 530 Å². The molecule has 10 heteroatoms. The number of carbonyl (C=O) groups is 2. The number of ether oxygens (including phenoxy) is 2. The Morgan fingerprint density at radius 1 is 0.360 bits per heavy atom. The van der Waals surface area contributed by atoms with Crippen LogP contribution in [0, 0.1) is 0 Å². The van der Waals surface area contributed by atoms with E-state index in [0.29, 0.717) is 17.4 Å². The minimum Gasteiger partial charge on any atom is -0.462 e. The lowest BCUT2D eigenvalue weighted by molar-refractivity contribution is -0.870. The van der Waals surface area contributed by atoms with Crippen LogP contribution in [0.15, 0.2) is 134 Å². The first-order valence-electron chi connectivity index (χ1n) is 34.9. The summed E-state index contributed by atoms with van der Waals surface area (Å²) in [6.07, 6.45) is 95.5. The summed E-state index contributed by atoms with van der Waals surface area (Å²) in [5.74, 6) is -0.803. The van der Waals surface area contributed by atoms with Gasteiger partial charge >= 0.3 is 19.8 Å². The summed E-state index contributed by atoms with van der Waals surface area (Å²) < 4.78 is 34.7. The molecule has 0 amide bonds. The van der Waals surface area contributed by atoms with E-state index in [2.05, 4.69) is 148 Å². The predicted molar refractivity (Wildman–Crippen MR) is 371 cm³/mol. The lowest BCUT2D eigenvalue weighted by Crippen LogP contribution is -2.37. The number of carbonyl (C=O) groups excluding carboxylic acids is 2. The highest BCUT2D eigenvalue weighted by molar-refractivity contribution is 7.47. The molecule has 9 nitrogen and oxygen atoms in total. The van der Waals surface area contributed by atoms with Crippen LogP contribution in [0.3, 0.4) is 0 Å². The van der Waals surface area contributed by atoms with Crippen molar-refractivity contribution in [2.24, 2.45) is 0 Å². The van der Waals surface area contributed by atoms with Gasteiger partial charge in [-0.05, 0) is 109 Å². The molecule has 2 unspecified atom stereocenters. The van der Waals surface area contributed by atoms with Crippen LogP contribution >= 0.6 is 7.82 Å². The quantitative estimate of drug-likeness (QED) is 0.0211. The molecule has 0 spiro atoms. The molecule has 1 N–H and O–H groups in total. The molecule has 492 valence electrons. The number of hydrogen-bond donors (Lipinski definition) is 1. The van der Waals surface area contributed by atoms with Crippen molar-refractivity contribution in [2.45, 2.75) is 290 Å². The zero-order chi connectivity index (χ0) is 62.6. The molecule has 0 aliphatic carbocycles. The lowest BCUT2D eigenvalue weighted by Gasteiger charge is -2.24. The van der Waals surface area contributed by atoms with Crippen molar-refractivity contribution < 1.29 is 42.1 Å². The van der Waals surface area contributed by atoms with Gasteiger partial charge in [-0.25, -0.2) is 4.57 Å². The molecular formula is C76H131NO8P+. The number of allylic oxidation sites excluding steroid dienone is 22. The van der Waals surface area contributed by atoms with Gasteiger partial charge < -0.3 is 18.9 Å². The molecule has 0 heterocycles. The molecule has 0 saturated heterocycles. The van der Waals surface area contributed by atoms with Gasteiger partial charge in [-0.3, -0.25) is 18.6 Å². The Morgan fingerprint density at radius 3 is 0.930 bits per heavy atom. The molecule has 0 radical (unpaired) electrons. The Hall–Kier alpha value is -3.85. The first-order valence-corrected chi connectivity index (χ1v) is 36.4. The van der Waals surface area contributed by atoms with Crippen molar-refractivity contribution in [3.8, 4) is 0 Å². The zero-order valence-corrected chi connectivity index (χ0v) is 56.9. The molecular weight excluding hydrogens is 1090 g/mol. The second-order valence-electron chi connectivity index (χ2n) is 24.2. The summed E-state index contributed by atoms with van der Waals surface area (Å²) >= 11 is 0. The van der Waals surface area contributed by atoms with E-state index in [1.54, 1.807) is 0 Å². The van der Waals surface area contributed by atoms with E-state index in [4.69, 9.17) is 18.5 Å². The van der Waals surface area contributed by atoms with Gasteiger partial charge in [0.05, 0.1) is 27.7 Å². The van der Waals surface area contributed by atoms with Crippen LogP contribution in [-0.4, -0.2) is 74.9 Å². The number of phosphoric ester groups is 1. The van der Waals surface area contributed by atoms with Gasteiger partial charge in [-0.1, -0.05) is 295 Å². The average molecular weight is 1220 g/mol. The van der Waals surface area contributed by atoms with E-state index in [-0.39, 0.29) is 32.0 Å². The summed E-state index contributed by atoms with van der Waals surface area (Å²) in [5.41, 5.74) is 0. The summed E-state index contributed by atoms with van der Waals surface area (Å²) in [7, 11) is 1.47. The van der Waals surface area contributed by atoms with Crippen molar-refractivity contribution in [2.75, 3.05) is 47.5 Å². The van der Waals surface area contributed by atoms with Gasteiger partial charge in [0, 0.05) is 12.8 Å². The normalized spacial score (nSPS) is 14.0. The Balaban J connectivity index is 4.08. The van der Waals surface area contributed by atoms with Crippen LogP contribution < -0.4 is 0 Å². The summed E-state index contributed by atoms with van der Waals surface area (Å²) in [6, 6.07) is 0. The first-order chi connectivity index (χ1) is 42.0. The fraction of sp³-hybridized carbons (Fsp3) is 0.684. The van der Waals surface area contributed by atoms with Crippen LogP contribution in [0.1, 0.15) is 284 Å². The molecule has 0 aliphatic heterocycles. The molecule has 0 bridgehead atoms. The summed E-state index contributed by atoms with van der Waals surface area (Å²) in [4.78, 5) is 35.9. The van der Waals surface area contributed by atoms with Gasteiger partial charge in [0.15, 0.2) is 6.10 Å². The highest BCUT2D eigenvalue weighted by Gasteiger charge is 2.27. The molecule has 2 atom stereocenters. The first kappa shape index (κ1) is 82.1. The van der Waals surface area contributed by atoms with Crippen molar-refractivity contribution >= 4 is 19.8 Å². The number of hydrogen-bond acceptors (Lipinski definition) is 7. The SMILES string of the molecule is CC/C=C\C/C=C\C/C=C\C/C=C\C/C=C\C/C=C\C/C=C\CCCCCCCCCCCC(=O)OC(COC(=O)CCCCCCCCCCCCCCCCCCCC/C=C\C/C=C\C/C=C\C/C=C\CC)COP(=O)(O)OCC[N+](C)(C)C. The largest absolute Gasteiger partial charge is 0.472 e. The van der Waals surface area contributed by atoms with Crippen LogP contribution in [0.2, 0.25) is 0 Å². The third kappa shape index (κ3) is 69.3. The van der Waals surface area contributed by atoms with Crippen LogP contribution in [-0.2, 0) is 32.7 Å². The molecule has 0 aromatic rings. The highest BCUT2D eigenvalue weighted by atomic mass is 31.2. The molecule has 0 aliphatic rings. The van der Waals surface area contributed by atoms with E-state index >= 15 is 0 Å². The van der Waals surface area contributed by atoms with Gasteiger partial charge in [0.25, 0.3) is 0 Å². The second kappa shape index (κ2) is 65.6. The highest BCUT2D eigenvalue weighted by Crippen LogP contribution is 2.43. The van der Waals surface area contributed by atoms with E-state index in [9.17, 15) is 19.0 Å². The maximum absolute atomic E-state index is 12.9. The molecule has 0 rings (SSSR count). The Bertz CT molecular complexity index is 1910. The molecule has 0 aromatic carbocycles. The number of rotatable bonds is 63. The number of quaternary nitrogens is 1.